The van der Waals surface area contributed by atoms with Gasteiger partial charge in [0.25, 0.3) is 5.91 Å². The molecule has 0 spiro atoms. The van der Waals surface area contributed by atoms with Gasteiger partial charge in [-0.2, -0.15) is 4.31 Å². The third-order valence-corrected chi connectivity index (χ3v) is 8.67. The van der Waals surface area contributed by atoms with Crippen molar-refractivity contribution < 1.29 is 27.1 Å². The van der Waals surface area contributed by atoms with Gasteiger partial charge >= 0.3 is 5.97 Å². The molecule has 7 nitrogen and oxygen atoms in total. The highest BCUT2D eigenvalue weighted by Crippen LogP contribution is 2.53. The minimum atomic E-state index is -3.79. The molecule has 1 aliphatic carbocycles. The van der Waals surface area contributed by atoms with E-state index in [0.29, 0.717) is 12.1 Å². The fraction of sp³-hybridized carbons (Fsp3) is 0.462. The summed E-state index contributed by atoms with van der Waals surface area (Å²) < 4.78 is 46.6. The predicted octanol–water partition coefficient (Wildman–Crippen LogP) is 3.89. The summed E-state index contributed by atoms with van der Waals surface area (Å²) in [5.41, 5.74) is 0.779. The first-order valence-electron chi connectivity index (χ1n) is 11.7. The second kappa shape index (κ2) is 9.35. The van der Waals surface area contributed by atoms with Gasteiger partial charge in [0.1, 0.15) is 5.82 Å². The number of rotatable bonds is 7. The molecule has 1 heterocycles. The van der Waals surface area contributed by atoms with Gasteiger partial charge in [0.2, 0.25) is 10.0 Å². The zero-order valence-electron chi connectivity index (χ0n) is 20.2. The summed E-state index contributed by atoms with van der Waals surface area (Å²) in [5.74, 6) is -1.68. The van der Waals surface area contributed by atoms with Gasteiger partial charge in [0.05, 0.1) is 10.5 Å². The number of amides is 1. The number of nitrogens with zero attached hydrogens (tertiary/aromatic N) is 1. The Morgan fingerprint density at radius 1 is 1.11 bits per heavy atom. The molecule has 2 aromatic rings. The monoisotopic (exact) mass is 502 g/mol. The minimum Gasteiger partial charge on any atom is -0.452 e. The smallest absolute Gasteiger partial charge is 0.338 e. The Kier molecular flexibility index (Phi) is 6.76. The highest BCUT2D eigenvalue weighted by Gasteiger charge is 2.53. The Hall–Kier alpha value is -2.78. The van der Waals surface area contributed by atoms with Crippen molar-refractivity contribution in [1.82, 2.24) is 9.62 Å². The molecule has 1 N–H and O–H groups in total. The maximum atomic E-state index is 13.5. The topological polar surface area (TPSA) is 92.8 Å². The molecule has 2 bridgehead atoms. The van der Waals surface area contributed by atoms with Gasteiger partial charge in [-0.3, -0.25) is 4.79 Å². The highest BCUT2D eigenvalue weighted by molar-refractivity contribution is 7.89. The van der Waals surface area contributed by atoms with Crippen molar-refractivity contribution in [3.8, 4) is 0 Å². The molecule has 0 aromatic heterocycles. The lowest BCUT2D eigenvalue weighted by Gasteiger charge is -2.39. The van der Waals surface area contributed by atoms with E-state index < -0.39 is 28.5 Å². The zero-order valence-corrected chi connectivity index (χ0v) is 21.0. The van der Waals surface area contributed by atoms with E-state index >= 15 is 0 Å². The lowest BCUT2D eigenvalue weighted by Crippen LogP contribution is -2.37. The van der Waals surface area contributed by atoms with Crippen LogP contribution in [0.4, 0.5) is 4.39 Å². The first kappa shape index (κ1) is 25.3. The van der Waals surface area contributed by atoms with Crippen molar-refractivity contribution in [2.45, 2.75) is 57.5 Å². The number of fused-ring (bicyclic) bond motifs is 2. The van der Waals surface area contributed by atoms with Gasteiger partial charge in [0, 0.05) is 19.1 Å². The van der Waals surface area contributed by atoms with Crippen molar-refractivity contribution in [2.75, 3.05) is 13.2 Å². The van der Waals surface area contributed by atoms with Crippen molar-refractivity contribution >= 4 is 21.9 Å². The summed E-state index contributed by atoms with van der Waals surface area (Å²) in [4.78, 5) is 24.6. The first-order valence-corrected chi connectivity index (χ1v) is 13.1. The molecule has 1 saturated heterocycles. The molecule has 2 unspecified atom stereocenters. The molecular formula is C26H31FN2O5S. The Balaban J connectivity index is 1.39. The molecule has 1 amide bonds. The van der Waals surface area contributed by atoms with Crippen LogP contribution >= 0.6 is 0 Å². The molecule has 0 radical (unpaired) electrons. The number of sulfonamides is 1. The number of benzene rings is 2. The van der Waals surface area contributed by atoms with Gasteiger partial charge in [-0.05, 0) is 66.0 Å². The third-order valence-electron chi connectivity index (χ3n) is 6.78. The molecule has 35 heavy (non-hydrogen) atoms. The van der Waals surface area contributed by atoms with E-state index in [4.69, 9.17) is 4.74 Å². The number of esters is 1. The van der Waals surface area contributed by atoms with Crippen LogP contribution < -0.4 is 5.32 Å². The van der Waals surface area contributed by atoms with Crippen LogP contribution in [0.25, 0.3) is 0 Å². The average molecular weight is 503 g/mol. The van der Waals surface area contributed by atoms with Gasteiger partial charge in [-0.1, -0.05) is 39.0 Å². The minimum absolute atomic E-state index is 0.0432. The summed E-state index contributed by atoms with van der Waals surface area (Å²) in [6, 6.07) is 11.4. The average Bonchev–Trinajstić information content (AvgIpc) is 3.06. The molecule has 2 aromatic carbocycles. The lowest BCUT2D eigenvalue weighted by atomic mass is 9.65. The maximum absolute atomic E-state index is 13.5. The number of hydrogen-bond acceptors (Lipinski definition) is 5. The third kappa shape index (κ3) is 5.73. The summed E-state index contributed by atoms with van der Waals surface area (Å²) in [6.45, 7) is 6.62. The number of nitrogens with one attached hydrogen (secondary N) is 1. The molecule has 9 heteroatoms. The van der Waals surface area contributed by atoms with E-state index in [2.05, 4.69) is 26.1 Å². The van der Waals surface area contributed by atoms with Crippen LogP contribution in [0.2, 0.25) is 0 Å². The first-order chi connectivity index (χ1) is 16.4. The van der Waals surface area contributed by atoms with E-state index in [1.165, 1.54) is 36.4 Å². The molecule has 4 rings (SSSR count). The highest BCUT2D eigenvalue weighted by atomic mass is 32.2. The Morgan fingerprint density at radius 3 is 2.54 bits per heavy atom. The van der Waals surface area contributed by atoms with Crippen LogP contribution in [0, 0.1) is 16.6 Å². The number of carbonyl (C=O) groups excluding carboxylic acids is 2. The van der Waals surface area contributed by atoms with Crippen LogP contribution in [-0.4, -0.2) is 43.8 Å². The summed E-state index contributed by atoms with van der Waals surface area (Å²) in [7, 11) is -3.79. The molecule has 188 valence electrons. The van der Waals surface area contributed by atoms with E-state index in [9.17, 15) is 22.4 Å². The second-order valence-corrected chi connectivity index (χ2v) is 12.7. The fourth-order valence-electron chi connectivity index (χ4n) is 5.68. The summed E-state index contributed by atoms with van der Waals surface area (Å²) >= 11 is 0. The molecule has 1 saturated carbocycles. The Morgan fingerprint density at radius 2 is 1.83 bits per heavy atom. The van der Waals surface area contributed by atoms with E-state index in [0.717, 1.165) is 19.3 Å². The van der Waals surface area contributed by atoms with Gasteiger partial charge in [-0.25, -0.2) is 17.6 Å². The SMILES string of the molecule is CC1(C)CC2CC(C)(CN2S(=O)(=O)c2cccc(C(=O)OCC(=O)NCc3ccc(F)cc3)c2)C1. The summed E-state index contributed by atoms with van der Waals surface area (Å²) in [6.07, 6.45) is 2.61. The lowest BCUT2D eigenvalue weighted by molar-refractivity contribution is -0.124. The molecule has 2 aliphatic rings. The Bertz CT molecular complexity index is 1230. The molecule has 1 aliphatic heterocycles. The molecular weight excluding hydrogens is 471 g/mol. The largest absolute Gasteiger partial charge is 0.452 e. The number of hydrogen-bond donors (Lipinski definition) is 1. The van der Waals surface area contributed by atoms with Crippen molar-refractivity contribution in [1.29, 1.82) is 0 Å². The van der Waals surface area contributed by atoms with Gasteiger partial charge in [0.15, 0.2) is 6.61 Å². The quantitative estimate of drug-likeness (QED) is 0.580. The second-order valence-electron chi connectivity index (χ2n) is 10.8. The maximum Gasteiger partial charge on any atom is 0.338 e. The predicted molar refractivity (Wildman–Crippen MR) is 128 cm³/mol. The number of carbonyl (C=O) groups is 2. The van der Waals surface area contributed by atoms with Crippen LogP contribution in [-0.2, 0) is 26.1 Å². The van der Waals surface area contributed by atoms with E-state index in [1.54, 1.807) is 16.4 Å². The van der Waals surface area contributed by atoms with E-state index in [-0.39, 0.29) is 39.7 Å². The van der Waals surface area contributed by atoms with E-state index in [1.807, 2.05) is 0 Å². The van der Waals surface area contributed by atoms with Gasteiger partial charge in [-0.15, -0.1) is 0 Å². The van der Waals surface area contributed by atoms with Crippen molar-refractivity contribution in [3.05, 3.63) is 65.5 Å². The van der Waals surface area contributed by atoms with Crippen LogP contribution in [0.1, 0.15) is 56.0 Å². The number of halogens is 1. The van der Waals surface area contributed by atoms with Crippen LogP contribution in [0.3, 0.4) is 0 Å². The normalized spacial score (nSPS) is 23.6. The van der Waals surface area contributed by atoms with Crippen LogP contribution in [0.5, 0.6) is 0 Å². The van der Waals surface area contributed by atoms with Gasteiger partial charge < -0.3 is 10.1 Å². The summed E-state index contributed by atoms with van der Waals surface area (Å²) in [5, 5.41) is 2.59. The number of ether oxygens (including phenoxy) is 1. The zero-order chi connectivity index (χ0) is 25.4. The van der Waals surface area contributed by atoms with Crippen LogP contribution in [0.15, 0.2) is 53.4 Å². The molecule has 2 fully saturated rings. The fourth-order valence-corrected chi connectivity index (χ4v) is 7.50. The van der Waals surface area contributed by atoms with Crippen molar-refractivity contribution in [2.24, 2.45) is 10.8 Å². The Labute approximate surface area is 205 Å². The molecule has 2 atom stereocenters. The standard InChI is InChI=1S/C26H31FN2O5S/c1-25(2)12-21-13-26(3,16-25)17-29(21)35(32,33)22-6-4-5-19(11-22)24(31)34-15-23(30)28-14-18-7-9-20(27)10-8-18/h4-11,21H,12-17H2,1-3H3,(H,28,30). The van der Waals surface area contributed by atoms with Crippen molar-refractivity contribution in [3.63, 3.8) is 0 Å².